The van der Waals surface area contributed by atoms with Gasteiger partial charge >= 0.3 is 0 Å². The van der Waals surface area contributed by atoms with Gasteiger partial charge in [0.2, 0.25) is 5.91 Å². The SMILES string of the molecule is CCC(=O)N=c1sc2cccc(Br)c2n1C. The Morgan fingerprint density at radius 3 is 2.94 bits per heavy atom. The fourth-order valence-electron chi connectivity index (χ4n) is 1.45. The number of amides is 1. The van der Waals surface area contributed by atoms with Gasteiger partial charge in [-0.15, -0.1) is 0 Å². The molecule has 0 aliphatic rings. The fraction of sp³-hybridized carbons (Fsp3) is 0.273. The van der Waals surface area contributed by atoms with Crippen LogP contribution in [0.4, 0.5) is 0 Å². The normalized spacial score (nSPS) is 12.3. The zero-order chi connectivity index (χ0) is 11.7. The van der Waals surface area contributed by atoms with E-state index in [4.69, 9.17) is 0 Å². The number of hydrogen-bond donors (Lipinski definition) is 0. The Morgan fingerprint density at radius 1 is 1.56 bits per heavy atom. The van der Waals surface area contributed by atoms with Crippen molar-refractivity contribution in [3.05, 3.63) is 27.5 Å². The van der Waals surface area contributed by atoms with Crippen molar-refractivity contribution in [2.75, 3.05) is 0 Å². The van der Waals surface area contributed by atoms with Crippen molar-refractivity contribution in [3.63, 3.8) is 0 Å². The number of aromatic nitrogens is 1. The highest BCUT2D eigenvalue weighted by Crippen LogP contribution is 2.24. The highest BCUT2D eigenvalue weighted by atomic mass is 79.9. The van der Waals surface area contributed by atoms with Gasteiger partial charge in [-0.3, -0.25) is 4.79 Å². The third kappa shape index (κ3) is 1.97. The summed E-state index contributed by atoms with van der Waals surface area (Å²) in [4.78, 5) is 16.1. The lowest BCUT2D eigenvalue weighted by Crippen LogP contribution is -2.12. The maximum absolute atomic E-state index is 11.3. The van der Waals surface area contributed by atoms with E-state index in [1.165, 1.54) is 11.3 Å². The molecule has 16 heavy (non-hydrogen) atoms. The summed E-state index contributed by atoms with van der Waals surface area (Å²) in [6.07, 6.45) is 0.440. The van der Waals surface area contributed by atoms with Gasteiger partial charge in [-0.25, -0.2) is 0 Å². The van der Waals surface area contributed by atoms with Crippen LogP contribution in [0.2, 0.25) is 0 Å². The van der Waals surface area contributed by atoms with E-state index in [1.54, 1.807) is 0 Å². The van der Waals surface area contributed by atoms with E-state index in [0.29, 0.717) is 6.42 Å². The van der Waals surface area contributed by atoms with E-state index in [-0.39, 0.29) is 5.91 Å². The molecule has 0 saturated carbocycles. The number of aryl methyl sites for hydroxylation is 1. The summed E-state index contributed by atoms with van der Waals surface area (Å²) in [6, 6.07) is 6.00. The van der Waals surface area contributed by atoms with Gasteiger partial charge in [-0.1, -0.05) is 24.3 Å². The lowest BCUT2D eigenvalue weighted by molar-refractivity contribution is -0.117. The first-order chi connectivity index (χ1) is 7.63. The Hall–Kier alpha value is -0.940. The zero-order valence-corrected chi connectivity index (χ0v) is 11.4. The van der Waals surface area contributed by atoms with Crippen LogP contribution in [-0.2, 0) is 11.8 Å². The lowest BCUT2D eigenvalue weighted by Gasteiger charge is -1.97. The third-order valence-corrected chi connectivity index (χ3v) is 4.03. The van der Waals surface area contributed by atoms with Crippen LogP contribution < -0.4 is 4.80 Å². The first-order valence-corrected chi connectivity index (χ1v) is 6.56. The van der Waals surface area contributed by atoms with E-state index in [1.807, 2.05) is 36.7 Å². The first kappa shape index (κ1) is 11.5. The summed E-state index contributed by atoms with van der Waals surface area (Å²) in [5.41, 5.74) is 1.08. The predicted octanol–water partition coefficient (Wildman–Crippen LogP) is 2.84. The molecule has 0 fully saturated rings. The highest BCUT2D eigenvalue weighted by Gasteiger charge is 2.06. The molecular formula is C11H11BrN2OS. The summed E-state index contributed by atoms with van der Waals surface area (Å²) < 4.78 is 4.09. The minimum Gasteiger partial charge on any atom is -0.318 e. The molecule has 0 saturated heterocycles. The summed E-state index contributed by atoms with van der Waals surface area (Å²) in [5.74, 6) is -0.0849. The maximum atomic E-state index is 11.3. The number of fused-ring (bicyclic) bond motifs is 1. The van der Waals surface area contributed by atoms with Gasteiger partial charge in [0.15, 0.2) is 4.80 Å². The quantitative estimate of drug-likeness (QED) is 0.797. The second kappa shape index (κ2) is 4.51. The Labute approximate surface area is 106 Å². The summed E-state index contributed by atoms with van der Waals surface area (Å²) in [7, 11) is 1.92. The summed E-state index contributed by atoms with van der Waals surface area (Å²) in [5, 5.41) is 0. The van der Waals surface area contributed by atoms with Crippen molar-refractivity contribution in [1.29, 1.82) is 0 Å². The van der Waals surface area contributed by atoms with E-state index >= 15 is 0 Å². The van der Waals surface area contributed by atoms with Gasteiger partial charge in [0.05, 0.1) is 10.2 Å². The van der Waals surface area contributed by atoms with Crippen LogP contribution in [-0.4, -0.2) is 10.5 Å². The lowest BCUT2D eigenvalue weighted by atomic mass is 10.3. The fourth-order valence-corrected chi connectivity index (χ4v) is 3.28. The standard InChI is InChI=1S/C11H11BrN2OS/c1-3-9(15)13-11-14(2)10-7(12)5-4-6-8(10)16-11/h4-6H,3H2,1-2H3. The van der Waals surface area contributed by atoms with Gasteiger partial charge in [0, 0.05) is 17.9 Å². The number of thiazole rings is 1. The molecule has 1 heterocycles. The number of carbonyl (C=O) groups excluding carboxylic acids is 1. The van der Waals surface area contributed by atoms with Crippen LogP contribution in [0.15, 0.2) is 27.7 Å². The number of halogens is 1. The average Bonchev–Trinajstić information content (AvgIpc) is 2.57. The van der Waals surface area contributed by atoms with Crippen molar-refractivity contribution in [3.8, 4) is 0 Å². The Balaban J connectivity index is 2.75. The number of para-hydroxylation sites is 1. The van der Waals surface area contributed by atoms with Crippen LogP contribution in [0, 0.1) is 0 Å². The first-order valence-electron chi connectivity index (χ1n) is 4.95. The molecule has 3 nitrogen and oxygen atoms in total. The molecule has 0 aliphatic carbocycles. The van der Waals surface area contributed by atoms with Gasteiger partial charge < -0.3 is 4.57 Å². The average molecular weight is 299 g/mol. The summed E-state index contributed by atoms with van der Waals surface area (Å²) in [6.45, 7) is 1.81. The van der Waals surface area contributed by atoms with Gasteiger partial charge in [-0.05, 0) is 28.1 Å². The molecule has 84 valence electrons. The van der Waals surface area contributed by atoms with E-state index in [2.05, 4.69) is 20.9 Å². The number of carbonyl (C=O) groups is 1. The van der Waals surface area contributed by atoms with E-state index in [9.17, 15) is 4.79 Å². The smallest absolute Gasteiger partial charge is 0.248 e. The molecule has 0 radical (unpaired) electrons. The topological polar surface area (TPSA) is 34.4 Å². The molecule has 0 atom stereocenters. The molecule has 0 aliphatic heterocycles. The van der Waals surface area contributed by atoms with Crippen LogP contribution in [0.1, 0.15) is 13.3 Å². The minimum atomic E-state index is -0.0849. The van der Waals surface area contributed by atoms with Gasteiger partial charge in [-0.2, -0.15) is 4.99 Å². The number of nitrogens with zero attached hydrogens (tertiary/aromatic N) is 2. The zero-order valence-electron chi connectivity index (χ0n) is 9.03. The van der Waals surface area contributed by atoms with Crippen molar-refractivity contribution in [1.82, 2.24) is 4.57 Å². The maximum Gasteiger partial charge on any atom is 0.248 e. The molecule has 2 aromatic rings. The second-order valence-corrected chi connectivity index (χ2v) is 5.25. The molecular weight excluding hydrogens is 288 g/mol. The van der Waals surface area contributed by atoms with E-state index in [0.717, 1.165) is 19.5 Å². The molecule has 0 spiro atoms. The van der Waals surface area contributed by atoms with Crippen molar-refractivity contribution >= 4 is 43.4 Å². The molecule has 5 heteroatoms. The summed E-state index contributed by atoms with van der Waals surface area (Å²) >= 11 is 5.03. The second-order valence-electron chi connectivity index (χ2n) is 3.39. The van der Waals surface area contributed by atoms with Crippen LogP contribution in [0.5, 0.6) is 0 Å². The van der Waals surface area contributed by atoms with E-state index < -0.39 is 0 Å². The van der Waals surface area contributed by atoms with Crippen LogP contribution in [0.3, 0.4) is 0 Å². The molecule has 0 N–H and O–H groups in total. The number of rotatable bonds is 1. The van der Waals surface area contributed by atoms with Crippen molar-refractivity contribution < 1.29 is 4.79 Å². The highest BCUT2D eigenvalue weighted by molar-refractivity contribution is 9.10. The molecule has 1 aromatic heterocycles. The number of hydrogen-bond acceptors (Lipinski definition) is 2. The minimum absolute atomic E-state index is 0.0849. The molecule has 1 aromatic carbocycles. The van der Waals surface area contributed by atoms with Crippen molar-refractivity contribution in [2.45, 2.75) is 13.3 Å². The Kier molecular flexibility index (Phi) is 3.25. The van der Waals surface area contributed by atoms with Gasteiger partial charge in [0.1, 0.15) is 0 Å². The molecule has 0 bridgehead atoms. The Morgan fingerprint density at radius 2 is 2.31 bits per heavy atom. The molecule has 2 rings (SSSR count). The molecule has 1 amide bonds. The molecule has 0 unspecified atom stereocenters. The van der Waals surface area contributed by atoms with Crippen LogP contribution in [0.25, 0.3) is 10.2 Å². The number of benzene rings is 1. The van der Waals surface area contributed by atoms with Crippen molar-refractivity contribution in [2.24, 2.45) is 12.0 Å². The third-order valence-electron chi connectivity index (χ3n) is 2.30. The largest absolute Gasteiger partial charge is 0.318 e. The Bertz CT molecular complexity index is 612. The predicted molar refractivity (Wildman–Crippen MR) is 69.4 cm³/mol. The van der Waals surface area contributed by atoms with Crippen LogP contribution >= 0.6 is 27.3 Å². The monoisotopic (exact) mass is 298 g/mol. The van der Waals surface area contributed by atoms with Gasteiger partial charge in [0.25, 0.3) is 0 Å².